The number of morpholine rings is 1. The second kappa shape index (κ2) is 11.0. The molecule has 2 N–H and O–H groups in total. The summed E-state index contributed by atoms with van der Waals surface area (Å²) in [5.41, 5.74) is 2.84. The number of nitrogens with zero attached hydrogens (tertiary/aromatic N) is 3. The Balaban J connectivity index is 1.40. The van der Waals surface area contributed by atoms with Crippen LogP contribution in [0, 0.1) is 6.92 Å². The number of hydrogen-bond acceptors (Lipinski definition) is 4. The number of piperidine rings is 1. The first kappa shape index (κ1) is 22.1. The summed E-state index contributed by atoms with van der Waals surface area (Å²) < 4.78 is 5.56. The third kappa shape index (κ3) is 6.43. The third-order valence-electron chi connectivity index (χ3n) is 6.36. The summed E-state index contributed by atoms with van der Waals surface area (Å²) in [5, 5.41) is 7.18. The third-order valence-corrected chi connectivity index (χ3v) is 6.36. The highest BCUT2D eigenvalue weighted by molar-refractivity contribution is 5.80. The standard InChI is InChI=1S/C23H39N5O/c1-18-7-5-6-8-21(18)16-27-11-9-22(10-12-27)26-23(24-4)25-15-19(2)28-13-14-29-17-20(28)3/h5-8,19-20,22H,9-17H2,1-4H3,(H2,24,25,26). The Morgan fingerprint density at radius 2 is 2.00 bits per heavy atom. The highest BCUT2D eigenvalue weighted by atomic mass is 16.5. The number of ether oxygens (including phenoxy) is 1. The lowest BCUT2D eigenvalue weighted by atomic mass is 10.0. The van der Waals surface area contributed by atoms with Gasteiger partial charge in [0.25, 0.3) is 0 Å². The zero-order chi connectivity index (χ0) is 20.6. The van der Waals surface area contributed by atoms with Crippen LogP contribution in [-0.4, -0.2) is 80.3 Å². The van der Waals surface area contributed by atoms with Gasteiger partial charge in [0.1, 0.15) is 0 Å². The molecule has 1 aromatic carbocycles. The van der Waals surface area contributed by atoms with Crippen molar-refractivity contribution in [3.8, 4) is 0 Å². The zero-order valence-corrected chi connectivity index (χ0v) is 18.7. The summed E-state index contributed by atoms with van der Waals surface area (Å²) in [6.07, 6.45) is 2.31. The summed E-state index contributed by atoms with van der Waals surface area (Å²) in [5.74, 6) is 0.926. The summed E-state index contributed by atoms with van der Waals surface area (Å²) in [4.78, 5) is 9.54. The van der Waals surface area contributed by atoms with Crippen molar-refractivity contribution < 1.29 is 4.74 Å². The molecule has 162 valence electrons. The molecule has 2 fully saturated rings. The van der Waals surface area contributed by atoms with Crippen LogP contribution in [0.3, 0.4) is 0 Å². The molecule has 2 aliphatic rings. The highest BCUT2D eigenvalue weighted by Crippen LogP contribution is 2.16. The van der Waals surface area contributed by atoms with Crippen LogP contribution >= 0.6 is 0 Å². The average molecular weight is 402 g/mol. The lowest BCUT2D eigenvalue weighted by Crippen LogP contribution is -2.54. The van der Waals surface area contributed by atoms with Crippen LogP contribution in [0.1, 0.15) is 37.8 Å². The topological polar surface area (TPSA) is 52.1 Å². The molecule has 0 amide bonds. The van der Waals surface area contributed by atoms with Crippen LogP contribution in [0.15, 0.2) is 29.3 Å². The Labute approximate surface area is 176 Å². The van der Waals surface area contributed by atoms with Gasteiger partial charge in [0.2, 0.25) is 0 Å². The molecule has 0 bridgehead atoms. The van der Waals surface area contributed by atoms with Gasteiger partial charge in [0, 0.05) is 57.9 Å². The van der Waals surface area contributed by atoms with Gasteiger partial charge in [0.15, 0.2) is 5.96 Å². The lowest BCUT2D eigenvalue weighted by molar-refractivity contribution is -0.0174. The van der Waals surface area contributed by atoms with E-state index in [1.807, 2.05) is 7.05 Å². The van der Waals surface area contributed by atoms with Crippen LogP contribution < -0.4 is 10.6 Å². The first-order chi connectivity index (χ1) is 14.1. The van der Waals surface area contributed by atoms with Gasteiger partial charge in [-0.3, -0.25) is 14.8 Å². The second-order valence-electron chi connectivity index (χ2n) is 8.59. The first-order valence-corrected chi connectivity index (χ1v) is 11.1. The Morgan fingerprint density at radius 1 is 1.24 bits per heavy atom. The van der Waals surface area contributed by atoms with Crippen LogP contribution in [0.25, 0.3) is 0 Å². The first-order valence-electron chi connectivity index (χ1n) is 11.1. The van der Waals surface area contributed by atoms with Gasteiger partial charge in [-0.05, 0) is 44.7 Å². The van der Waals surface area contributed by atoms with E-state index in [2.05, 4.69) is 70.5 Å². The maximum atomic E-state index is 5.56. The van der Waals surface area contributed by atoms with E-state index in [-0.39, 0.29) is 0 Å². The largest absolute Gasteiger partial charge is 0.379 e. The molecule has 0 saturated carbocycles. The maximum absolute atomic E-state index is 5.56. The number of aryl methyl sites for hydroxylation is 1. The number of hydrogen-bond donors (Lipinski definition) is 2. The Morgan fingerprint density at radius 3 is 2.69 bits per heavy atom. The van der Waals surface area contributed by atoms with Crippen molar-refractivity contribution in [2.24, 2.45) is 4.99 Å². The summed E-state index contributed by atoms with van der Waals surface area (Å²) >= 11 is 0. The molecule has 2 unspecified atom stereocenters. The smallest absolute Gasteiger partial charge is 0.191 e. The SMILES string of the molecule is CN=C(NCC(C)N1CCOCC1C)NC1CCN(Cc2ccccc2C)CC1. The van der Waals surface area contributed by atoms with E-state index < -0.39 is 0 Å². The van der Waals surface area contributed by atoms with E-state index in [4.69, 9.17) is 4.74 Å². The van der Waals surface area contributed by atoms with Crippen molar-refractivity contribution in [3.05, 3.63) is 35.4 Å². The number of benzene rings is 1. The minimum atomic E-state index is 0.461. The fraction of sp³-hybridized carbons (Fsp3) is 0.696. The van der Waals surface area contributed by atoms with Crippen LogP contribution in [0.4, 0.5) is 0 Å². The molecule has 0 spiro atoms. The molecule has 2 saturated heterocycles. The van der Waals surface area contributed by atoms with Crippen molar-refractivity contribution in [2.45, 2.75) is 58.3 Å². The fourth-order valence-corrected chi connectivity index (χ4v) is 4.41. The minimum Gasteiger partial charge on any atom is -0.379 e. The van der Waals surface area contributed by atoms with Crippen molar-refractivity contribution in [1.29, 1.82) is 0 Å². The van der Waals surface area contributed by atoms with Gasteiger partial charge in [-0.2, -0.15) is 0 Å². The normalized spacial score (nSPS) is 23.7. The number of guanidine groups is 1. The van der Waals surface area contributed by atoms with E-state index in [0.29, 0.717) is 18.1 Å². The van der Waals surface area contributed by atoms with E-state index in [9.17, 15) is 0 Å². The Kier molecular flexibility index (Phi) is 8.33. The van der Waals surface area contributed by atoms with Gasteiger partial charge in [-0.25, -0.2) is 0 Å². The number of likely N-dealkylation sites (tertiary alicyclic amines) is 1. The quantitative estimate of drug-likeness (QED) is 0.566. The van der Waals surface area contributed by atoms with E-state index in [1.54, 1.807) is 0 Å². The molecule has 0 aliphatic carbocycles. The molecule has 0 aromatic heterocycles. The second-order valence-corrected chi connectivity index (χ2v) is 8.59. The maximum Gasteiger partial charge on any atom is 0.191 e. The fourth-order valence-electron chi connectivity index (χ4n) is 4.41. The lowest BCUT2D eigenvalue weighted by Gasteiger charge is -2.38. The average Bonchev–Trinajstić information content (AvgIpc) is 2.74. The predicted octanol–water partition coefficient (Wildman–Crippen LogP) is 2.23. The van der Waals surface area contributed by atoms with E-state index in [1.165, 1.54) is 11.1 Å². The molecule has 2 atom stereocenters. The molecule has 6 nitrogen and oxygen atoms in total. The van der Waals surface area contributed by atoms with Crippen LogP contribution in [0.2, 0.25) is 0 Å². The molecule has 2 aliphatic heterocycles. The molecule has 6 heteroatoms. The molecule has 3 rings (SSSR count). The summed E-state index contributed by atoms with van der Waals surface area (Å²) in [7, 11) is 1.87. The van der Waals surface area contributed by atoms with E-state index in [0.717, 1.165) is 64.7 Å². The van der Waals surface area contributed by atoms with Crippen molar-refractivity contribution >= 4 is 5.96 Å². The molecular weight excluding hydrogens is 362 g/mol. The summed E-state index contributed by atoms with van der Waals surface area (Å²) in [6.45, 7) is 13.6. The van der Waals surface area contributed by atoms with Crippen molar-refractivity contribution in [1.82, 2.24) is 20.4 Å². The van der Waals surface area contributed by atoms with Gasteiger partial charge in [0.05, 0.1) is 13.2 Å². The van der Waals surface area contributed by atoms with E-state index >= 15 is 0 Å². The predicted molar refractivity (Wildman–Crippen MR) is 120 cm³/mol. The van der Waals surface area contributed by atoms with Crippen LogP contribution in [0.5, 0.6) is 0 Å². The van der Waals surface area contributed by atoms with Gasteiger partial charge in [-0.1, -0.05) is 24.3 Å². The summed E-state index contributed by atoms with van der Waals surface area (Å²) in [6, 6.07) is 10.2. The molecule has 29 heavy (non-hydrogen) atoms. The monoisotopic (exact) mass is 401 g/mol. The Bertz CT molecular complexity index is 656. The van der Waals surface area contributed by atoms with Gasteiger partial charge in [-0.15, -0.1) is 0 Å². The number of rotatable bonds is 6. The minimum absolute atomic E-state index is 0.461. The van der Waals surface area contributed by atoms with Gasteiger partial charge >= 0.3 is 0 Å². The molecule has 0 radical (unpaired) electrons. The highest BCUT2D eigenvalue weighted by Gasteiger charge is 2.24. The van der Waals surface area contributed by atoms with Gasteiger partial charge < -0.3 is 15.4 Å². The Hall–Kier alpha value is -1.63. The number of aliphatic imine (C=N–C) groups is 1. The molecule has 1 aromatic rings. The molecular formula is C23H39N5O. The van der Waals surface area contributed by atoms with Crippen molar-refractivity contribution in [3.63, 3.8) is 0 Å². The number of nitrogens with one attached hydrogen (secondary N) is 2. The van der Waals surface area contributed by atoms with Crippen molar-refractivity contribution in [2.75, 3.05) is 46.4 Å². The van der Waals surface area contributed by atoms with Crippen LogP contribution in [-0.2, 0) is 11.3 Å². The molecule has 2 heterocycles. The zero-order valence-electron chi connectivity index (χ0n) is 18.7.